The molecular formula is C10H12BrN3. The van der Waals surface area contributed by atoms with Gasteiger partial charge in [-0.1, -0.05) is 0 Å². The van der Waals surface area contributed by atoms with Crippen molar-refractivity contribution in [3.8, 4) is 0 Å². The van der Waals surface area contributed by atoms with Crippen molar-refractivity contribution in [1.29, 1.82) is 0 Å². The van der Waals surface area contributed by atoms with Crippen LogP contribution >= 0.6 is 15.9 Å². The molecule has 0 bridgehead atoms. The molecule has 2 rings (SSSR count). The molecule has 0 aliphatic carbocycles. The molecule has 2 aromatic rings. The largest absolute Gasteiger partial charge is 0.316 e. The molecule has 2 aromatic heterocycles. The number of fused-ring (bicyclic) bond motifs is 1. The highest BCUT2D eigenvalue weighted by molar-refractivity contribution is 9.10. The Morgan fingerprint density at radius 2 is 2.36 bits per heavy atom. The molecule has 3 nitrogen and oxygen atoms in total. The molecule has 0 aliphatic rings. The smallest absolute Gasteiger partial charge is 0.138 e. The van der Waals surface area contributed by atoms with Gasteiger partial charge in [-0.25, -0.2) is 4.98 Å². The summed E-state index contributed by atoms with van der Waals surface area (Å²) in [6.45, 7) is 2.87. The maximum absolute atomic E-state index is 4.44. The minimum absolute atomic E-state index is 0.875. The number of hydrogen-bond acceptors (Lipinski definition) is 2. The molecule has 0 atom stereocenters. The van der Waals surface area contributed by atoms with Crippen LogP contribution in [0.15, 0.2) is 22.9 Å². The highest BCUT2D eigenvalue weighted by Gasteiger charge is 2.05. The molecular weight excluding hydrogens is 242 g/mol. The number of nitrogens with one attached hydrogen (secondary N) is 1. The first-order valence-corrected chi connectivity index (χ1v) is 5.29. The number of nitrogens with zero attached hydrogens (tertiary/aromatic N) is 2. The Hall–Kier alpha value is -0.870. The predicted molar refractivity (Wildman–Crippen MR) is 60.4 cm³/mol. The molecule has 14 heavy (non-hydrogen) atoms. The normalized spacial score (nSPS) is 11.1. The fourth-order valence-corrected chi connectivity index (χ4v) is 1.88. The van der Waals surface area contributed by atoms with Crippen molar-refractivity contribution in [1.82, 2.24) is 14.7 Å². The van der Waals surface area contributed by atoms with Crippen molar-refractivity contribution in [2.24, 2.45) is 0 Å². The van der Waals surface area contributed by atoms with E-state index in [0.717, 1.165) is 22.5 Å². The van der Waals surface area contributed by atoms with Crippen LogP contribution < -0.4 is 5.32 Å². The van der Waals surface area contributed by atoms with Crippen molar-refractivity contribution in [3.05, 3.63) is 34.2 Å². The van der Waals surface area contributed by atoms with E-state index in [1.165, 1.54) is 5.56 Å². The fourth-order valence-electron chi connectivity index (χ4n) is 1.49. The molecule has 0 saturated heterocycles. The second-order valence-corrected chi connectivity index (χ2v) is 4.03. The van der Waals surface area contributed by atoms with E-state index in [2.05, 4.69) is 38.4 Å². The van der Waals surface area contributed by atoms with Crippen LogP contribution in [-0.4, -0.2) is 16.4 Å². The lowest BCUT2D eigenvalue weighted by Crippen LogP contribution is -2.05. The van der Waals surface area contributed by atoms with Gasteiger partial charge in [-0.2, -0.15) is 0 Å². The van der Waals surface area contributed by atoms with Crippen molar-refractivity contribution >= 4 is 21.6 Å². The van der Waals surface area contributed by atoms with Gasteiger partial charge in [0.25, 0.3) is 0 Å². The molecule has 0 unspecified atom stereocenters. The Morgan fingerprint density at radius 3 is 3.07 bits per heavy atom. The van der Waals surface area contributed by atoms with Crippen LogP contribution in [0, 0.1) is 6.92 Å². The van der Waals surface area contributed by atoms with E-state index in [1.807, 2.05) is 24.6 Å². The lowest BCUT2D eigenvalue weighted by molar-refractivity contribution is 0.816. The molecule has 0 radical (unpaired) electrons. The molecule has 0 spiro atoms. The Labute approximate surface area is 91.3 Å². The van der Waals surface area contributed by atoms with E-state index in [4.69, 9.17) is 0 Å². The van der Waals surface area contributed by atoms with Crippen LogP contribution in [-0.2, 0) is 6.54 Å². The van der Waals surface area contributed by atoms with Crippen LogP contribution in [0.25, 0.3) is 5.65 Å². The topological polar surface area (TPSA) is 29.3 Å². The van der Waals surface area contributed by atoms with Gasteiger partial charge in [0.1, 0.15) is 10.3 Å². The van der Waals surface area contributed by atoms with E-state index in [0.29, 0.717) is 0 Å². The van der Waals surface area contributed by atoms with E-state index in [9.17, 15) is 0 Å². The summed E-state index contributed by atoms with van der Waals surface area (Å²) in [5.41, 5.74) is 3.26. The van der Waals surface area contributed by atoms with Gasteiger partial charge in [0.15, 0.2) is 0 Å². The average Bonchev–Trinajstić information content (AvgIpc) is 2.43. The number of aryl methyl sites for hydroxylation is 1. The Balaban J connectivity index is 2.56. The van der Waals surface area contributed by atoms with Gasteiger partial charge in [-0.3, -0.25) is 4.40 Å². The lowest BCUT2D eigenvalue weighted by atomic mass is 10.2. The number of aromatic nitrogens is 2. The SMILES string of the molecule is CNCc1ccn2c(Br)c(C)nc2c1. The van der Waals surface area contributed by atoms with Crippen LogP contribution in [0.3, 0.4) is 0 Å². The third-order valence-corrected chi connectivity index (χ3v) is 3.13. The molecule has 74 valence electrons. The maximum Gasteiger partial charge on any atom is 0.138 e. The third-order valence-electron chi connectivity index (χ3n) is 2.17. The summed E-state index contributed by atoms with van der Waals surface area (Å²) in [6.07, 6.45) is 2.03. The first-order chi connectivity index (χ1) is 6.72. The number of imidazole rings is 1. The van der Waals surface area contributed by atoms with Crippen molar-refractivity contribution in [2.75, 3.05) is 7.05 Å². The number of rotatable bonds is 2. The van der Waals surface area contributed by atoms with Crippen LogP contribution in [0.4, 0.5) is 0 Å². The second kappa shape index (κ2) is 3.71. The van der Waals surface area contributed by atoms with E-state index < -0.39 is 0 Å². The van der Waals surface area contributed by atoms with Crippen LogP contribution in [0.5, 0.6) is 0 Å². The maximum atomic E-state index is 4.44. The first kappa shape index (κ1) is 9.68. The van der Waals surface area contributed by atoms with Gasteiger partial charge in [-0.15, -0.1) is 0 Å². The zero-order valence-electron chi connectivity index (χ0n) is 8.21. The summed E-state index contributed by atoms with van der Waals surface area (Å²) in [5.74, 6) is 0. The van der Waals surface area contributed by atoms with Gasteiger partial charge >= 0.3 is 0 Å². The molecule has 4 heteroatoms. The monoisotopic (exact) mass is 253 g/mol. The molecule has 0 aliphatic heterocycles. The van der Waals surface area contributed by atoms with Crippen LogP contribution in [0.1, 0.15) is 11.3 Å². The number of hydrogen-bond donors (Lipinski definition) is 1. The molecule has 1 N–H and O–H groups in total. The Kier molecular flexibility index (Phi) is 2.56. The Morgan fingerprint density at radius 1 is 1.57 bits per heavy atom. The summed E-state index contributed by atoms with van der Waals surface area (Å²) < 4.78 is 3.07. The van der Waals surface area contributed by atoms with Crippen molar-refractivity contribution in [2.45, 2.75) is 13.5 Å². The molecule has 2 heterocycles. The van der Waals surface area contributed by atoms with Gasteiger partial charge < -0.3 is 5.32 Å². The van der Waals surface area contributed by atoms with Gasteiger partial charge in [0.05, 0.1) is 5.69 Å². The molecule has 0 aromatic carbocycles. The summed E-state index contributed by atoms with van der Waals surface area (Å²) >= 11 is 3.50. The highest BCUT2D eigenvalue weighted by atomic mass is 79.9. The first-order valence-electron chi connectivity index (χ1n) is 4.50. The van der Waals surface area contributed by atoms with E-state index in [1.54, 1.807) is 0 Å². The Bertz CT molecular complexity index is 462. The summed E-state index contributed by atoms with van der Waals surface area (Å²) in [7, 11) is 1.94. The molecule has 0 saturated carbocycles. The lowest BCUT2D eigenvalue weighted by Gasteiger charge is -2.00. The fraction of sp³-hybridized carbons (Fsp3) is 0.300. The van der Waals surface area contributed by atoms with Crippen LogP contribution in [0.2, 0.25) is 0 Å². The zero-order chi connectivity index (χ0) is 10.1. The van der Waals surface area contributed by atoms with Crippen molar-refractivity contribution in [3.63, 3.8) is 0 Å². The minimum Gasteiger partial charge on any atom is -0.316 e. The zero-order valence-corrected chi connectivity index (χ0v) is 9.80. The number of halogens is 1. The van der Waals surface area contributed by atoms with Gasteiger partial charge in [-0.05, 0) is 47.6 Å². The summed E-state index contributed by atoms with van der Waals surface area (Å²) in [4.78, 5) is 4.44. The molecule has 0 amide bonds. The number of pyridine rings is 1. The minimum atomic E-state index is 0.875. The predicted octanol–water partition coefficient (Wildman–Crippen LogP) is 2.12. The molecule has 0 fully saturated rings. The highest BCUT2D eigenvalue weighted by Crippen LogP contribution is 2.18. The summed E-state index contributed by atoms with van der Waals surface area (Å²) in [6, 6.07) is 4.18. The van der Waals surface area contributed by atoms with Gasteiger partial charge in [0, 0.05) is 12.7 Å². The third kappa shape index (κ3) is 1.55. The van der Waals surface area contributed by atoms with E-state index >= 15 is 0 Å². The average molecular weight is 254 g/mol. The standard InChI is InChI=1S/C10H12BrN3/c1-7-10(11)14-4-3-8(6-12-2)5-9(14)13-7/h3-5,12H,6H2,1-2H3. The summed E-state index contributed by atoms with van der Waals surface area (Å²) in [5, 5.41) is 3.12. The van der Waals surface area contributed by atoms with Gasteiger partial charge in [0.2, 0.25) is 0 Å². The quantitative estimate of drug-likeness (QED) is 0.889. The van der Waals surface area contributed by atoms with Crippen molar-refractivity contribution < 1.29 is 0 Å². The van der Waals surface area contributed by atoms with E-state index in [-0.39, 0.29) is 0 Å². The second-order valence-electron chi connectivity index (χ2n) is 3.28.